The molecule has 9 heteroatoms. The van der Waals surface area contributed by atoms with Gasteiger partial charge in [0.2, 0.25) is 0 Å². The number of piperazine rings is 1. The van der Waals surface area contributed by atoms with E-state index in [1.54, 1.807) is 40.3 Å². The van der Waals surface area contributed by atoms with Gasteiger partial charge in [0.1, 0.15) is 23.2 Å². The second-order valence-electron chi connectivity index (χ2n) is 8.52. The summed E-state index contributed by atoms with van der Waals surface area (Å²) >= 11 is 0. The molecule has 2 amide bonds. The summed E-state index contributed by atoms with van der Waals surface area (Å²) in [7, 11) is 1.86. The minimum absolute atomic E-state index is 0.0491. The fraction of sp³-hybridized carbons (Fsp3) is 0.500. The third-order valence-electron chi connectivity index (χ3n) is 4.98. The maximum Gasteiger partial charge on any atom is 0.410 e. The number of ether oxygens (including phenoxy) is 2. The molecule has 2 aromatic rings. The fourth-order valence-electron chi connectivity index (χ4n) is 3.41. The van der Waals surface area contributed by atoms with E-state index in [0.29, 0.717) is 24.7 Å². The molecule has 1 aliphatic heterocycles. The van der Waals surface area contributed by atoms with Gasteiger partial charge in [-0.3, -0.25) is 4.79 Å². The molecule has 1 atom stereocenters. The largest absolute Gasteiger partial charge is 0.484 e. The first-order valence-corrected chi connectivity index (χ1v) is 10.2. The predicted molar refractivity (Wildman–Crippen MR) is 113 cm³/mol. The van der Waals surface area contributed by atoms with Gasteiger partial charge in [0, 0.05) is 32.5 Å². The van der Waals surface area contributed by atoms with E-state index in [1.807, 2.05) is 38.6 Å². The van der Waals surface area contributed by atoms with E-state index >= 15 is 0 Å². The molecule has 2 heterocycles. The molecule has 0 saturated carbocycles. The van der Waals surface area contributed by atoms with E-state index in [4.69, 9.17) is 14.6 Å². The maximum atomic E-state index is 13.0. The number of imidazole rings is 1. The summed E-state index contributed by atoms with van der Waals surface area (Å²) in [5.74, 6) is 1.04. The quantitative estimate of drug-likeness (QED) is 0.780. The number of carbonyl (C=O) groups excluding carboxylic acids is 2. The van der Waals surface area contributed by atoms with E-state index in [9.17, 15) is 9.59 Å². The molecule has 1 aromatic carbocycles. The van der Waals surface area contributed by atoms with Crippen LogP contribution < -0.4 is 4.74 Å². The SMILES string of the molecule is Cn1ccnc1C1CN(C(=O)OC(C)(C)C)CCN1C(=O)COc1ccc(CO)cc1. The van der Waals surface area contributed by atoms with Crippen molar-refractivity contribution in [3.63, 3.8) is 0 Å². The predicted octanol–water partition coefficient (Wildman–Crippen LogP) is 2.11. The molecule has 168 valence electrons. The summed E-state index contributed by atoms with van der Waals surface area (Å²) < 4.78 is 13.0. The zero-order chi connectivity index (χ0) is 22.6. The lowest BCUT2D eigenvalue weighted by atomic mass is 10.1. The van der Waals surface area contributed by atoms with Crippen LogP contribution in [0, 0.1) is 0 Å². The monoisotopic (exact) mass is 430 g/mol. The van der Waals surface area contributed by atoms with E-state index in [-0.39, 0.29) is 25.7 Å². The van der Waals surface area contributed by atoms with Crippen LogP contribution >= 0.6 is 0 Å². The molecular formula is C22H30N4O5. The molecule has 0 aliphatic carbocycles. The minimum atomic E-state index is -0.595. The number of hydrogen-bond donors (Lipinski definition) is 1. The highest BCUT2D eigenvalue weighted by Crippen LogP contribution is 2.26. The molecule has 9 nitrogen and oxygen atoms in total. The average Bonchev–Trinajstić information content (AvgIpc) is 3.16. The first-order valence-electron chi connectivity index (χ1n) is 10.2. The van der Waals surface area contributed by atoms with Crippen molar-refractivity contribution in [2.75, 3.05) is 26.2 Å². The Balaban J connectivity index is 1.71. The third kappa shape index (κ3) is 5.75. The number of aliphatic hydroxyl groups is 1. The van der Waals surface area contributed by atoms with Gasteiger partial charge >= 0.3 is 6.09 Å². The van der Waals surface area contributed by atoms with Crippen LogP contribution in [0.25, 0.3) is 0 Å². The van der Waals surface area contributed by atoms with Crippen molar-refractivity contribution in [1.82, 2.24) is 19.4 Å². The van der Waals surface area contributed by atoms with Crippen LogP contribution in [-0.2, 0) is 23.2 Å². The highest BCUT2D eigenvalue weighted by Gasteiger charge is 2.37. The highest BCUT2D eigenvalue weighted by molar-refractivity contribution is 5.79. The normalized spacial score (nSPS) is 16.9. The fourth-order valence-corrected chi connectivity index (χ4v) is 3.41. The average molecular weight is 431 g/mol. The van der Waals surface area contributed by atoms with Crippen molar-refractivity contribution in [3.8, 4) is 5.75 Å². The molecule has 0 spiro atoms. The van der Waals surface area contributed by atoms with Crippen molar-refractivity contribution in [1.29, 1.82) is 0 Å². The standard InChI is InChI=1S/C22H30N4O5/c1-22(2,3)31-21(29)25-11-12-26(18(13-25)20-23-9-10-24(20)4)19(28)15-30-17-7-5-16(14-27)6-8-17/h5-10,18,27H,11-15H2,1-4H3. The van der Waals surface area contributed by atoms with Crippen LogP contribution in [0.3, 0.4) is 0 Å². The van der Waals surface area contributed by atoms with Crippen molar-refractivity contribution in [2.45, 2.75) is 39.0 Å². The van der Waals surface area contributed by atoms with Gasteiger partial charge in [-0.15, -0.1) is 0 Å². The molecule has 1 saturated heterocycles. The van der Waals surface area contributed by atoms with E-state index in [2.05, 4.69) is 4.98 Å². The Bertz CT molecular complexity index is 903. The Morgan fingerprint density at radius 2 is 1.90 bits per heavy atom. The van der Waals surface area contributed by atoms with Crippen molar-refractivity contribution in [3.05, 3.63) is 48.0 Å². The maximum absolute atomic E-state index is 13.0. The molecule has 1 fully saturated rings. The van der Waals surface area contributed by atoms with Gasteiger partial charge in [-0.1, -0.05) is 12.1 Å². The van der Waals surface area contributed by atoms with Gasteiger partial charge in [0.25, 0.3) is 5.91 Å². The smallest absolute Gasteiger partial charge is 0.410 e. The number of hydrogen-bond acceptors (Lipinski definition) is 6. The number of aryl methyl sites for hydroxylation is 1. The van der Waals surface area contributed by atoms with E-state index < -0.39 is 17.7 Å². The number of benzene rings is 1. The number of nitrogens with zero attached hydrogens (tertiary/aromatic N) is 4. The van der Waals surface area contributed by atoms with Gasteiger partial charge in [-0.25, -0.2) is 9.78 Å². The zero-order valence-corrected chi connectivity index (χ0v) is 18.4. The van der Waals surface area contributed by atoms with Crippen LogP contribution in [0.5, 0.6) is 5.75 Å². The van der Waals surface area contributed by atoms with E-state index in [1.165, 1.54) is 0 Å². The molecule has 3 rings (SSSR count). The van der Waals surface area contributed by atoms with Crippen LogP contribution in [-0.4, -0.2) is 68.3 Å². The number of carbonyl (C=O) groups is 2. The summed E-state index contributed by atoms with van der Waals surface area (Å²) in [6, 6.07) is 6.52. The molecule has 1 aromatic heterocycles. The molecule has 1 unspecified atom stereocenters. The van der Waals surface area contributed by atoms with Gasteiger partial charge < -0.3 is 28.9 Å². The first kappa shape index (κ1) is 22.6. The Morgan fingerprint density at radius 3 is 2.48 bits per heavy atom. The first-order chi connectivity index (χ1) is 14.7. The Hall–Kier alpha value is -3.07. The van der Waals surface area contributed by atoms with Crippen LogP contribution in [0.2, 0.25) is 0 Å². The van der Waals surface area contributed by atoms with Crippen LogP contribution in [0.15, 0.2) is 36.7 Å². The summed E-state index contributed by atoms with van der Waals surface area (Å²) in [6.07, 6.45) is 3.08. The van der Waals surface area contributed by atoms with Crippen molar-refractivity contribution < 1.29 is 24.2 Å². The number of rotatable bonds is 5. The van der Waals surface area contributed by atoms with E-state index in [0.717, 1.165) is 5.56 Å². The Kier molecular flexibility index (Phi) is 6.84. The Morgan fingerprint density at radius 1 is 1.19 bits per heavy atom. The lowest BCUT2D eigenvalue weighted by Crippen LogP contribution is -2.54. The molecule has 31 heavy (non-hydrogen) atoms. The summed E-state index contributed by atoms with van der Waals surface area (Å²) in [5.41, 5.74) is 0.175. The topological polar surface area (TPSA) is 97.1 Å². The second-order valence-corrected chi connectivity index (χ2v) is 8.52. The van der Waals surface area contributed by atoms with Crippen LogP contribution in [0.1, 0.15) is 38.2 Å². The number of amides is 2. The molecule has 1 aliphatic rings. The van der Waals surface area contributed by atoms with Crippen molar-refractivity contribution in [2.24, 2.45) is 7.05 Å². The van der Waals surface area contributed by atoms with Gasteiger partial charge in [-0.05, 0) is 38.5 Å². The van der Waals surface area contributed by atoms with Crippen molar-refractivity contribution >= 4 is 12.0 Å². The molecule has 0 radical (unpaired) electrons. The summed E-state index contributed by atoms with van der Waals surface area (Å²) in [6.45, 7) is 6.30. The molecule has 0 bridgehead atoms. The minimum Gasteiger partial charge on any atom is -0.484 e. The van der Waals surface area contributed by atoms with Gasteiger partial charge in [0.15, 0.2) is 6.61 Å². The van der Waals surface area contributed by atoms with Crippen LogP contribution in [0.4, 0.5) is 4.79 Å². The van der Waals surface area contributed by atoms with Gasteiger partial charge in [-0.2, -0.15) is 0 Å². The molecule has 1 N–H and O–H groups in total. The number of aromatic nitrogens is 2. The highest BCUT2D eigenvalue weighted by atomic mass is 16.6. The second kappa shape index (κ2) is 9.38. The number of aliphatic hydroxyl groups excluding tert-OH is 1. The summed E-state index contributed by atoms with van der Waals surface area (Å²) in [5, 5.41) is 9.14. The Labute approximate surface area is 182 Å². The third-order valence-corrected chi connectivity index (χ3v) is 4.98. The lowest BCUT2D eigenvalue weighted by Gasteiger charge is -2.41. The zero-order valence-electron chi connectivity index (χ0n) is 18.4. The summed E-state index contributed by atoms with van der Waals surface area (Å²) in [4.78, 5) is 33.3. The van der Waals surface area contributed by atoms with Gasteiger partial charge in [0.05, 0.1) is 13.2 Å². The molecular weight excluding hydrogens is 400 g/mol. The lowest BCUT2D eigenvalue weighted by molar-refractivity contribution is -0.138.